The van der Waals surface area contributed by atoms with Gasteiger partial charge in [-0.1, -0.05) is 0 Å². The van der Waals surface area contributed by atoms with Crippen molar-refractivity contribution in [2.75, 3.05) is 5.32 Å². The van der Waals surface area contributed by atoms with Gasteiger partial charge in [0.25, 0.3) is 0 Å². The molecule has 0 fully saturated rings. The molecule has 0 aliphatic heterocycles. The van der Waals surface area contributed by atoms with E-state index in [1.165, 1.54) is 0 Å². The van der Waals surface area contributed by atoms with Crippen molar-refractivity contribution in [2.45, 2.75) is 12.5 Å². The van der Waals surface area contributed by atoms with Gasteiger partial charge in [-0.2, -0.15) is 0 Å². The van der Waals surface area contributed by atoms with Gasteiger partial charge in [-0.3, -0.25) is 9.59 Å². The number of carbonyl (C=O) groups is 3. The van der Waals surface area contributed by atoms with Crippen molar-refractivity contribution in [2.24, 2.45) is 11.5 Å². The summed E-state index contributed by atoms with van der Waals surface area (Å²) in [6.07, 6.45) is -0.474. The Morgan fingerprint density at radius 3 is 2.30 bits per heavy atom. The van der Waals surface area contributed by atoms with E-state index in [-0.39, 0.29) is 0 Å². The van der Waals surface area contributed by atoms with E-state index in [2.05, 4.69) is 0 Å². The van der Waals surface area contributed by atoms with Crippen LogP contribution in [0.1, 0.15) is 16.8 Å². The van der Waals surface area contributed by atoms with Crippen LogP contribution in [-0.4, -0.2) is 28.9 Å². The van der Waals surface area contributed by atoms with E-state index in [0.717, 1.165) is 0 Å². The number of rotatable bonds is 5. The zero-order chi connectivity index (χ0) is 15.4. The van der Waals surface area contributed by atoms with Gasteiger partial charge in [0.15, 0.2) is 11.6 Å². The molecule has 6 N–H and O–H groups in total. The Balaban J connectivity index is 3.02. The monoisotopic (exact) mass is 287 g/mol. The number of primary amides is 1. The number of aromatic carboxylic acids is 1. The van der Waals surface area contributed by atoms with Crippen LogP contribution in [0.3, 0.4) is 0 Å². The number of anilines is 1. The van der Waals surface area contributed by atoms with E-state index in [4.69, 9.17) is 16.6 Å². The molecule has 108 valence electrons. The van der Waals surface area contributed by atoms with E-state index in [1.54, 1.807) is 0 Å². The van der Waals surface area contributed by atoms with Crippen molar-refractivity contribution in [1.82, 2.24) is 0 Å². The first-order valence-electron chi connectivity index (χ1n) is 5.29. The van der Waals surface area contributed by atoms with Crippen LogP contribution in [0.4, 0.5) is 14.5 Å². The molecule has 0 spiro atoms. The minimum atomic E-state index is -1.57. The minimum absolute atomic E-state index is 0.424. The molecule has 1 aromatic rings. The highest BCUT2D eigenvalue weighted by Gasteiger charge is 2.21. The van der Waals surface area contributed by atoms with E-state index in [1.807, 2.05) is 5.32 Å². The number of carboxylic acids is 1. The number of carbonyl (C=O) groups excluding carboxylic acids is 2. The van der Waals surface area contributed by atoms with E-state index in [9.17, 15) is 23.2 Å². The Morgan fingerprint density at radius 1 is 1.25 bits per heavy atom. The van der Waals surface area contributed by atoms with Crippen LogP contribution in [0.2, 0.25) is 0 Å². The fraction of sp³-hybridized carbons (Fsp3) is 0.182. The number of halogens is 2. The van der Waals surface area contributed by atoms with Crippen LogP contribution in [-0.2, 0) is 9.59 Å². The zero-order valence-corrected chi connectivity index (χ0v) is 10.0. The van der Waals surface area contributed by atoms with Crippen molar-refractivity contribution >= 4 is 23.5 Å². The van der Waals surface area contributed by atoms with Crippen molar-refractivity contribution in [3.63, 3.8) is 0 Å². The molecule has 1 unspecified atom stereocenters. The predicted molar refractivity (Wildman–Crippen MR) is 63.7 cm³/mol. The summed E-state index contributed by atoms with van der Waals surface area (Å²) in [4.78, 5) is 33.0. The summed E-state index contributed by atoms with van der Waals surface area (Å²) in [6, 6.07) is -0.400. The Bertz CT molecular complexity index is 577. The normalized spacial score (nSPS) is 11.8. The van der Waals surface area contributed by atoms with Gasteiger partial charge in [0.05, 0.1) is 23.7 Å². The summed E-state index contributed by atoms with van der Waals surface area (Å²) in [6.45, 7) is 0. The lowest BCUT2D eigenvalue weighted by Crippen LogP contribution is -2.39. The molecule has 0 saturated carbocycles. The minimum Gasteiger partial charge on any atom is -0.478 e. The summed E-state index contributed by atoms with van der Waals surface area (Å²) in [5.74, 6) is -6.06. The third-order valence-corrected chi connectivity index (χ3v) is 2.31. The maximum Gasteiger partial charge on any atom is 0.337 e. The first-order chi connectivity index (χ1) is 9.22. The second-order valence-corrected chi connectivity index (χ2v) is 3.88. The molecule has 0 aliphatic rings. The molecule has 0 saturated heterocycles. The van der Waals surface area contributed by atoms with Crippen LogP contribution in [0.5, 0.6) is 0 Å². The highest BCUT2D eigenvalue weighted by molar-refractivity contribution is 6.03. The number of benzene rings is 1. The van der Waals surface area contributed by atoms with Crippen molar-refractivity contribution in [3.05, 3.63) is 29.3 Å². The maximum absolute atomic E-state index is 13.1. The molecule has 0 bridgehead atoms. The first kappa shape index (κ1) is 15.5. The van der Waals surface area contributed by atoms with Gasteiger partial charge in [-0.15, -0.1) is 0 Å². The second kappa shape index (κ2) is 6.06. The van der Waals surface area contributed by atoms with Crippen LogP contribution in [0.25, 0.3) is 0 Å². The molecule has 7 nitrogen and oxygen atoms in total. The van der Waals surface area contributed by atoms with Gasteiger partial charge >= 0.3 is 5.97 Å². The number of amides is 2. The lowest BCUT2D eigenvalue weighted by Gasteiger charge is -2.12. The average Bonchev–Trinajstić information content (AvgIpc) is 2.32. The summed E-state index contributed by atoms with van der Waals surface area (Å²) in [5.41, 5.74) is 9.06. The van der Waals surface area contributed by atoms with E-state index >= 15 is 0 Å². The fourth-order valence-corrected chi connectivity index (χ4v) is 1.36. The topological polar surface area (TPSA) is 136 Å². The Labute approximate surface area is 111 Å². The highest BCUT2D eigenvalue weighted by atomic mass is 19.2. The van der Waals surface area contributed by atoms with Crippen molar-refractivity contribution in [3.8, 4) is 0 Å². The van der Waals surface area contributed by atoms with Gasteiger partial charge in [0.1, 0.15) is 0 Å². The van der Waals surface area contributed by atoms with Gasteiger partial charge in [0, 0.05) is 6.07 Å². The predicted octanol–water partition coefficient (Wildman–Crippen LogP) is -0.196. The number of nitrogens with one attached hydrogen (secondary N) is 1. The molecule has 0 aliphatic carbocycles. The molecule has 1 atom stereocenters. The fourth-order valence-electron chi connectivity index (χ4n) is 1.36. The summed E-state index contributed by atoms with van der Waals surface area (Å²) in [5, 5.41) is 10.8. The van der Waals surface area contributed by atoms with Gasteiger partial charge in [-0.05, 0) is 6.07 Å². The number of nitrogens with two attached hydrogens (primary N) is 2. The molecule has 0 radical (unpaired) electrons. The highest BCUT2D eigenvalue weighted by Crippen LogP contribution is 2.20. The van der Waals surface area contributed by atoms with Crippen LogP contribution in [0, 0.1) is 11.6 Å². The van der Waals surface area contributed by atoms with Crippen LogP contribution in [0.15, 0.2) is 12.1 Å². The third-order valence-electron chi connectivity index (χ3n) is 2.31. The lowest BCUT2D eigenvalue weighted by atomic mass is 10.1. The average molecular weight is 287 g/mol. The van der Waals surface area contributed by atoms with E-state index in [0.29, 0.717) is 12.1 Å². The molecule has 20 heavy (non-hydrogen) atoms. The quantitative estimate of drug-likeness (QED) is 0.595. The molecule has 2 amide bonds. The van der Waals surface area contributed by atoms with Crippen molar-refractivity contribution in [1.29, 1.82) is 0 Å². The number of hydrogen-bond acceptors (Lipinski definition) is 4. The van der Waals surface area contributed by atoms with E-state index < -0.39 is 53.1 Å². The summed E-state index contributed by atoms with van der Waals surface area (Å²) >= 11 is 0. The molecule has 1 aromatic carbocycles. The molecule has 1 rings (SSSR count). The molecule has 9 heteroatoms. The number of carboxylic acid groups (broad SMARTS) is 1. The van der Waals surface area contributed by atoms with Crippen LogP contribution < -0.4 is 16.8 Å². The SMILES string of the molecule is NC(=O)CC(N)C(=O)Nc1cc(F)c(F)cc1C(=O)O. The van der Waals surface area contributed by atoms with Gasteiger partial charge in [0.2, 0.25) is 11.8 Å². The Morgan fingerprint density at radius 2 is 1.80 bits per heavy atom. The van der Waals surface area contributed by atoms with Gasteiger partial charge < -0.3 is 21.9 Å². The molecule has 0 aromatic heterocycles. The molecular formula is C11H11F2N3O4. The van der Waals surface area contributed by atoms with Crippen molar-refractivity contribution < 1.29 is 28.3 Å². The van der Waals surface area contributed by atoms with Gasteiger partial charge in [-0.25, -0.2) is 13.6 Å². The zero-order valence-electron chi connectivity index (χ0n) is 10.0. The first-order valence-corrected chi connectivity index (χ1v) is 5.29. The maximum atomic E-state index is 13.1. The molecular weight excluding hydrogens is 276 g/mol. The smallest absolute Gasteiger partial charge is 0.337 e. The second-order valence-electron chi connectivity index (χ2n) is 3.88. The number of hydrogen-bond donors (Lipinski definition) is 4. The summed E-state index contributed by atoms with van der Waals surface area (Å²) < 4.78 is 26.0. The Kier molecular flexibility index (Phi) is 4.70. The standard InChI is InChI=1S/C11H11F2N3O4/c12-5-1-4(11(19)20)8(2-6(5)13)16-10(18)7(14)3-9(15)17/h1-2,7H,3,14H2,(H2,15,17)(H,16,18)(H,19,20). The lowest BCUT2D eigenvalue weighted by molar-refractivity contribution is -0.123. The largest absolute Gasteiger partial charge is 0.478 e. The third kappa shape index (κ3) is 3.72. The van der Waals surface area contributed by atoms with Crippen LogP contribution >= 0.6 is 0 Å². The molecule has 0 heterocycles. The summed E-state index contributed by atoms with van der Waals surface area (Å²) in [7, 11) is 0. The Hall–Kier alpha value is -2.55.